The maximum atomic E-state index is 11.3. The molecule has 0 aliphatic heterocycles. The molecular weight excluding hydrogens is 238 g/mol. The van der Waals surface area contributed by atoms with Crippen LogP contribution in [0, 0.1) is 6.92 Å². The Morgan fingerprint density at radius 3 is 2.78 bits per heavy atom. The van der Waals surface area contributed by atoms with Gasteiger partial charge in [0.2, 0.25) is 5.91 Å². The molecule has 0 aromatic carbocycles. The average molecular weight is 253 g/mol. The van der Waals surface area contributed by atoms with Crippen LogP contribution in [0.15, 0.2) is 15.7 Å². The lowest BCUT2D eigenvalue weighted by Gasteiger charge is -2.00. The zero-order valence-electron chi connectivity index (χ0n) is 9.95. The summed E-state index contributed by atoms with van der Waals surface area (Å²) in [6.45, 7) is 1.91. The minimum atomic E-state index is -0.620. The molecule has 4 N–H and O–H groups in total. The van der Waals surface area contributed by atoms with Crippen molar-refractivity contribution in [1.29, 1.82) is 0 Å². The van der Waals surface area contributed by atoms with E-state index < -0.39 is 11.2 Å². The van der Waals surface area contributed by atoms with Crippen molar-refractivity contribution in [3.63, 3.8) is 0 Å². The Morgan fingerprint density at radius 2 is 2.11 bits per heavy atom. The Kier molecular flexibility index (Phi) is 5.06. The molecule has 0 saturated heterocycles. The maximum Gasteiger partial charge on any atom is 0.326 e. The summed E-state index contributed by atoms with van der Waals surface area (Å²) >= 11 is 0. The number of amides is 1. The number of aliphatic hydroxyl groups excluding tert-OH is 1. The third-order valence-corrected chi connectivity index (χ3v) is 2.26. The van der Waals surface area contributed by atoms with Crippen LogP contribution in [-0.4, -0.2) is 34.1 Å². The zero-order chi connectivity index (χ0) is 13.5. The Labute approximate surface area is 103 Å². The average Bonchev–Trinajstić information content (AvgIpc) is 2.32. The Morgan fingerprint density at radius 1 is 1.39 bits per heavy atom. The first kappa shape index (κ1) is 13.9. The van der Waals surface area contributed by atoms with Crippen LogP contribution >= 0.6 is 0 Å². The quantitative estimate of drug-likeness (QED) is 0.393. The second-order valence-electron chi connectivity index (χ2n) is 3.65. The highest BCUT2D eigenvalue weighted by molar-refractivity contribution is 5.91. The summed E-state index contributed by atoms with van der Waals surface area (Å²) in [5.74, 6) is -0.357. The van der Waals surface area contributed by atoms with Crippen molar-refractivity contribution >= 4 is 12.0 Å². The van der Waals surface area contributed by atoms with Crippen LogP contribution in [0.1, 0.15) is 17.7 Å². The number of carbonyl (C=O) groups is 1. The number of hydrogen-bond donors (Lipinski definition) is 4. The van der Waals surface area contributed by atoms with Crippen molar-refractivity contribution in [2.24, 2.45) is 0 Å². The minimum Gasteiger partial charge on any atom is -0.396 e. The summed E-state index contributed by atoms with van der Waals surface area (Å²) < 4.78 is 0. The molecule has 0 saturated carbocycles. The fourth-order valence-corrected chi connectivity index (χ4v) is 1.24. The summed E-state index contributed by atoms with van der Waals surface area (Å²) in [6, 6.07) is 0. The highest BCUT2D eigenvalue weighted by Gasteiger charge is 2.01. The van der Waals surface area contributed by atoms with E-state index in [9.17, 15) is 14.4 Å². The fourth-order valence-electron chi connectivity index (χ4n) is 1.24. The van der Waals surface area contributed by atoms with Gasteiger partial charge in [-0.3, -0.25) is 14.6 Å². The van der Waals surface area contributed by atoms with Crippen molar-refractivity contribution in [1.82, 2.24) is 15.3 Å². The summed E-state index contributed by atoms with van der Waals surface area (Å²) in [7, 11) is 0. The van der Waals surface area contributed by atoms with Gasteiger partial charge < -0.3 is 15.4 Å². The second-order valence-corrected chi connectivity index (χ2v) is 3.65. The van der Waals surface area contributed by atoms with Gasteiger partial charge in [-0.15, -0.1) is 0 Å². The van der Waals surface area contributed by atoms with Gasteiger partial charge in [-0.1, -0.05) is 0 Å². The van der Waals surface area contributed by atoms with Crippen molar-refractivity contribution in [3.05, 3.63) is 38.2 Å². The molecule has 0 bridgehead atoms. The van der Waals surface area contributed by atoms with E-state index in [2.05, 4.69) is 15.3 Å². The fraction of sp³-hybridized carbons (Fsp3) is 0.364. The Hall–Kier alpha value is -2.15. The van der Waals surface area contributed by atoms with E-state index in [1.165, 1.54) is 19.1 Å². The minimum absolute atomic E-state index is 0.00445. The molecule has 1 aromatic heterocycles. The third-order valence-electron chi connectivity index (χ3n) is 2.26. The molecule has 0 atom stereocenters. The Balaban J connectivity index is 2.76. The van der Waals surface area contributed by atoms with E-state index in [1.54, 1.807) is 0 Å². The smallest absolute Gasteiger partial charge is 0.326 e. The first-order chi connectivity index (χ1) is 8.54. The van der Waals surface area contributed by atoms with E-state index >= 15 is 0 Å². The lowest BCUT2D eigenvalue weighted by molar-refractivity contribution is -0.116. The van der Waals surface area contributed by atoms with Crippen LogP contribution in [0.5, 0.6) is 0 Å². The van der Waals surface area contributed by atoms with Crippen LogP contribution in [0.4, 0.5) is 0 Å². The number of nitrogens with one attached hydrogen (secondary N) is 3. The second kappa shape index (κ2) is 6.55. The number of aromatic nitrogens is 2. The van der Waals surface area contributed by atoms with Crippen LogP contribution in [0.2, 0.25) is 0 Å². The largest absolute Gasteiger partial charge is 0.396 e. The van der Waals surface area contributed by atoms with Gasteiger partial charge in [-0.2, -0.15) is 0 Å². The number of rotatable bonds is 5. The summed E-state index contributed by atoms with van der Waals surface area (Å²) in [5, 5.41) is 11.1. The number of aliphatic hydroxyl groups is 1. The molecule has 0 radical (unpaired) electrons. The summed E-state index contributed by atoms with van der Waals surface area (Å²) in [6.07, 6.45) is 3.05. The van der Waals surface area contributed by atoms with E-state index in [4.69, 9.17) is 5.11 Å². The lowest BCUT2D eigenvalue weighted by atomic mass is 10.2. The normalized spacial score (nSPS) is 10.8. The van der Waals surface area contributed by atoms with Gasteiger partial charge in [-0.25, -0.2) is 4.79 Å². The molecule has 0 spiro atoms. The lowest BCUT2D eigenvalue weighted by Crippen LogP contribution is -2.26. The van der Waals surface area contributed by atoms with Crippen molar-refractivity contribution < 1.29 is 9.90 Å². The number of carbonyl (C=O) groups excluding carboxylic acids is 1. The van der Waals surface area contributed by atoms with Crippen molar-refractivity contribution in [2.75, 3.05) is 13.2 Å². The molecule has 1 heterocycles. The maximum absolute atomic E-state index is 11.3. The highest BCUT2D eigenvalue weighted by Crippen LogP contribution is 1.97. The van der Waals surface area contributed by atoms with Crippen LogP contribution in [-0.2, 0) is 4.79 Å². The molecule has 18 heavy (non-hydrogen) atoms. The molecule has 7 nitrogen and oxygen atoms in total. The number of aromatic amines is 2. The molecule has 1 aromatic rings. The van der Waals surface area contributed by atoms with Crippen LogP contribution in [0.3, 0.4) is 0 Å². The summed E-state index contributed by atoms with van der Waals surface area (Å²) in [5.41, 5.74) is -0.486. The molecular formula is C11H15N3O4. The first-order valence-corrected chi connectivity index (χ1v) is 5.44. The van der Waals surface area contributed by atoms with Crippen LogP contribution < -0.4 is 16.6 Å². The molecule has 0 aliphatic rings. The van der Waals surface area contributed by atoms with E-state index in [-0.39, 0.29) is 12.5 Å². The van der Waals surface area contributed by atoms with Gasteiger partial charge in [0.15, 0.2) is 0 Å². The zero-order valence-corrected chi connectivity index (χ0v) is 9.95. The van der Waals surface area contributed by atoms with Gasteiger partial charge in [0, 0.05) is 24.8 Å². The van der Waals surface area contributed by atoms with Gasteiger partial charge in [-0.05, 0) is 19.4 Å². The number of hydrogen-bond acceptors (Lipinski definition) is 4. The van der Waals surface area contributed by atoms with Gasteiger partial charge >= 0.3 is 5.69 Å². The molecule has 1 rings (SSSR count). The predicted molar refractivity (Wildman–Crippen MR) is 66.2 cm³/mol. The van der Waals surface area contributed by atoms with Gasteiger partial charge in [0.25, 0.3) is 5.56 Å². The molecule has 7 heteroatoms. The van der Waals surface area contributed by atoms with E-state index in [0.717, 1.165) is 0 Å². The molecule has 0 aliphatic carbocycles. The van der Waals surface area contributed by atoms with Crippen molar-refractivity contribution in [2.45, 2.75) is 13.3 Å². The van der Waals surface area contributed by atoms with E-state index in [1.807, 2.05) is 0 Å². The molecule has 1 amide bonds. The Bertz CT molecular complexity index is 556. The topological polar surface area (TPSA) is 115 Å². The highest BCUT2D eigenvalue weighted by atomic mass is 16.3. The predicted octanol–water partition coefficient (Wildman–Crippen LogP) is -1.12. The number of H-pyrrole nitrogens is 2. The van der Waals surface area contributed by atoms with Crippen molar-refractivity contribution in [3.8, 4) is 0 Å². The molecule has 0 unspecified atom stereocenters. The SMILES string of the molecule is Cc1c(C=CC(=O)NCCCO)[nH]c(=O)[nH]c1=O. The standard InChI is InChI=1S/C11H15N3O4/c1-7-8(13-11(18)14-10(7)17)3-4-9(16)12-5-2-6-15/h3-4,15H,2,5-6H2,1H3,(H,12,16)(H2,13,14,17,18). The first-order valence-electron chi connectivity index (χ1n) is 5.44. The van der Waals surface area contributed by atoms with Crippen LogP contribution in [0.25, 0.3) is 6.08 Å². The summed E-state index contributed by atoms with van der Waals surface area (Å²) in [4.78, 5) is 38.1. The van der Waals surface area contributed by atoms with Gasteiger partial charge in [0.05, 0.1) is 5.69 Å². The molecule has 0 fully saturated rings. The molecule has 98 valence electrons. The van der Waals surface area contributed by atoms with Gasteiger partial charge in [0.1, 0.15) is 0 Å². The monoisotopic (exact) mass is 253 g/mol. The third kappa shape index (κ3) is 4.02. The van der Waals surface area contributed by atoms with E-state index in [0.29, 0.717) is 24.2 Å².